The molecule has 0 radical (unpaired) electrons. The van der Waals surface area contributed by atoms with Gasteiger partial charge in [0, 0.05) is 25.8 Å². The van der Waals surface area contributed by atoms with Crippen LogP contribution in [0.4, 0.5) is 5.69 Å². The van der Waals surface area contributed by atoms with Gasteiger partial charge in [0.05, 0.1) is 18.8 Å². The second kappa shape index (κ2) is 5.48. The maximum Gasteiger partial charge on any atom is 0.240 e. The van der Waals surface area contributed by atoms with E-state index in [0.29, 0.717) is 13.1 Å². The van der Waals surface area contributed by atoms with Crippen molar-refractivity contribution in [3.8, 4) is 0 Å². The van der Waals surface area contributed by atoms with Crippen molar-refractivity contribution in [1.82, 2.24) is 4.90 Å². The fourth-order valence-electron chi connectivity index (χ4n) is 2.07. The highest BCUT2D eigenvalue weighted by molar-refractivity contribution is 5.94. The van der Waals surface area contributed by atoms with Crippen LogP contribution in [0.1, 0.15) is 0 Å². The second-order valence-electron chi connectivity index (χ2n) is 4.62. The van der Waals surface area contributed by atoms with Crippen molar-refractivity contribution in [1.29, 1.82) is 0 Å². The summed E-state index contributed by atoms with van der Waals surface area (Å²) in [5, 5.41) is 18.8. The van der Waals surface area contributed by atoms with E-state index in [9.17, 15) is 15.0 Å². The highest BCUT2D eigenvalue weighted by Crippen LogP contribution is 2.13. The summed E-state index contributed by atoms with van der Waals surface area (Å²) in [4.78, 5) is 15.4. The van der Waals surface area contributed by atoms with Gasteiger partial charge in [-0.1, -0.05) is 18.2 Å². The summed E-state index contributed by atoms with van der Waals surface area (Å²) in [6.45, 7) is 0.893. The van der Waals surface area contributed by atoms with Crippen molar-refractivity contribution in [3.63, 3.8) is 0 Å². The monoisotopic (exact) mass is 250 g/mol. The third kappa shape index (κ3) is 2.87. The van der Waals surface area contributed by atoms with Gasteiger partial charge in [-0.15, -0.1) is 0 Å². The van der Waals surface area contributed by atoms with Gasteiger partial charge >= 0.3 is 0 Å². The Morgan fingerprint density at radius 1 is 1.28 bits per heavy atom. The summed E-state index contributed by atoms with van der Waals surface area (Å²) in [5.41, 5.74) is 0.836. The first-order valence-electron chi connectivity index (χ1n) is 5.98. The van der Waals surface area contributed by atoms with Crippen molar-refractivity contribution >= 4 is 11.6 Å². The molecule has 2 rings (SSSR count). The number of para-hydroxylation sites is 1. The van der Waals surface area contributed by atoms with Crippen LogP contribution in [0.3, 0.4) is 0 Å². The van der Waals surface area contributed by atoms with E-state index < -0.39 is 12.2 Å². The highest BCUT2D eigenvalue weighted by Gasteiger charge is 2.31. The zero-order valence-electron chi connectivity index (χ0n) is 10.4. The zero-order valence-corrected chi connectivity index (χ0v) is 10.4. The van der Waals surface area contributed by atoms with Crippen LogP contribution in [0.2, 0.25) is 0 Å². The number of amides is 1. The SMILES string of the molecule is CN(C(=O)CN1CC(O)C(O)C1)c1ccccc1. The minimum Gasteiger partial charge on any atom is -0.389 e. The van der Waals surface area contributed by atoms with Crippen molar-refractivity contribution in [2.24, 2.45) is 0 Å². The van der Waals surface area contributed by atoms with Crippen LogP contribution >= 0.6 is 0 Å². The van der Waals surface area contributed by atoms with Crippen LogP contribution < -0.4 is 4.90 Å². The van der Waals surface area contributed by atoms with E-state index in [1.54, 1.807) is 16.8 Å². The molecule has 98 valence electrons. The van der Waals surface area contributed by atoms with Crippen molar-refractivity contribution < 1.29 is 15.0 Å². The maximum absolute atomic E-state index is 12.0. The number of β-amino-alcohol motifs (C(OH)–C–C–N with tert-alkyl or cyclic N) is 2. The molecule has 1 fully saturated rings. The molecule has 2 N–H and O–H groups in total. The summed E-state index contributed by atoms with van der Waals surface area (Å²) in [6, 6.07) is 9.39. The Morgan fingerprint density at radius 3 is 2.39 bits per heavy atom. The summed E-state index contributed by atoms with van der Waals surface area (Å²) in [6.07, 6.45) is -1.50. The first-order valence-corrected chi connectivity index (χ1v) is 5.98. The van der Waals surface area contributed by atoms with Crippen molar-refractivity contribution in [2.45, 2.75) is 12.2 Å². The molecule has 0 spiro atoms. The summed E-state index contributed by atoms with van der Waals surface area (Å²) in [5.74, 6) is -0.0532. The molecule has 18 heavy (non-hydrogen) atoms. The van der Waals surface area contributed by atoms with E-state index in [2.05, 4.69) is 0 Å². The van der Waals surface area contributed by atoms with Gasteiger partial charge in [-0.3, -0.25) is 9.69 Å². The Labute approximate surface area is 106 Å². The lowest BCUT2D eigenvalue weighted by Crippen LogP contribution is -2.38. The number of hydrogen-bond acceptors (Lipinski definition) is 4. The first-order chi connectivity index (χ1) is 8.58. The number of rotatable bonds is 3. The smallest absolute Gasteiger partial charge is 0.240 e. The number of carbonyl (C=O) groups is 1. The number of carbonyl (C=O) groups excluding carboxylic acids is 1. The molecule has 0 aliphatic carbocycles. The minimum absolute atomic E-state index is 0.0532. The third-order valence-electron chi connectivity index (χ3n) is 3.21. The molecule has 1 heterocycles. The lowest BCUT2D eigenvalue weighted by atomic mass is 10.3. The number of hydrogen-bond donors (Lipinski definition) is 2. The molecule has 1 saturated heterocycles. The van der Waals surface area contributed by atoms with Crippen LogP contribution in [-0.2, 0) is 4.79 Å². The highest BCUT2D eigenvalue weighted by atomic mass is 16.3. The molecule has 1 aliphatic rings. The van der Waals surface area contributed by atoms with Crippen molar-refractivity contribution in [2.75, 3.05) is 31.6 Å². The lowest BCUT2D eigenvalue weighted by molar-refractivity contribution is -0.119. The van der Waals surface area contributed by atoms with E-state index in [1.807, 2.05) is 30.3 Å². The molecule has 5 nitrogen and oxygen atoms in total. The average Bonchev–Trinajstić information content (AvgIpc) is 2.68. The fraction of sp³-hybridized carbons (Fsp3) is 0.462. The Bertz CT molecular complexity index is 400. The molecule has 0 bridgehead atoms. The second-order valence-corrected chi connectivity index (χ2v) is 4.62. The predicted molar refractivity (Wildman–Crippen MR) is 68.3 cm³/mol. The standard InChI is InChI=1S/C13H18N2O3/c1-14(10-5-3-2-4-6-10)13(18)9-15-7-11(16)12(17)8-15/h2-6,11-12,16-17H,7-9H2,1H3. The third-order valence-corrected chi connectivity index (χ3v) is 3.21. The van der Waals surface area contributed by atoms with E-state index in [-0.39, 0.29) is 12.5 Å². The molecule has 1 amide bonds. The topological polar surface area (TPSA) is 64.0 Å². The van der Waals surface area contributed by atoms with E-state index in [1.165, 1.54) is 0 Å². The van der Waals surface area contributed by atoms with E-state index in [4.69, 9.17) is 0 Å². The number of likely N-dealkylation sites (N-methyl/N-ethyl adjacent to an activating group) is 1. The molecular weight excluding hydrogens is 232 g/mol. The van der Waals surface area contributed by atoms with Crippen LogP contribution in [0.5, 0.6) is 0 Å². The Kier molecular flexibility index (Phi) is 3.96. The number of likely N-dealkylation sites (tertiary alicyclic amines) is 1. The average molecular weight is 250 g/mol. The van der Waals surface area contributed by atoms with Gasteiger partial charge in [0.25, 0.3) is 0 Å². The summed E-state index contributed by atoms with van der Waals surface area (Å²) < 4.78 is 0. The van der Waals surface area contributed by atoms with Gasteiger partial charge in [0.2, 0.25) is 5.91 Å². The molecular formula is C13H18N2O3. The number of aliphatic hydroxyl groups is 2. The molecule has 1 aliphatic heterocycles. The van der Waals surface area contributed by atoms with Crippen molar-refractivity contribution in [3.05, 3.63) is 30.3 Å². The van der Waals surface area contributed by atoms with Gasteiger partial charge in [0.15, 0.2) is 0 Å². The summed E-state index contributed by atoms with van der Waals surface area (Å²) >= 11 is 0. The largest absolute Gasteiger partial charge is 0.389 e. The van der Waals surface area contributed by atoms with E-state index >= 15 is 0 Å². The zero-order chi connectivity index (χ0) is 13.1. The van der Waals surface area contributed by atoms with Gasteiger partial charge in [-0.25, -0.2) is 0 Å². The van der Waals surface area contributed by atoms with Gasteiger partial charge in [-0.2, -0.15) is 0 Å². The summed E-state index contributed by atoms with van der Waals surface area (Å²) in [7, 11) is 1.72. The first kappa shape index (κ1) is 13.0. The fourth-order valence-corrected chi connectivity index (χ4v) is 2.07. The number of anilines is 1. The molecule has 1 aromatic carbocycles. The van der Waals surface area contributed by atoms with Gasteiger partial charge in [0.1, 0.15) is 0 Å². The Balaban J connectivity index is 1.93. The molecule has 0 saturated carbocycles. The van der Waals surface area contributed by atoms with E-state index in [0.717, 1.165) is 5.69 Å². The van der Waals surface area contributed by atoms with Crippen LogP contribution in [0.15, 0.2) is 30.3 Å². The normalized spacial score (nSPS) is 24.2. The van der Waals surface area contributed by atoms with Gasteiger partial charge < -0.3 is 15.1 Å². The number of benzene rings is 1. The van der Waals surface area contributed by atoms with Crippen LogP contribution in [-0.4, -0.2) is 59.9 Å². The minimum atomic E-state index is -0.750. The van der Waals surface area contributed by atoms with Gasteiger partial charge in [-0.05, 0) is 12.1 Å². The lowest BCUT2D eigenvalue weighted by Gasteiger charge is -2.21. The molecule has 5 heteroatoms. The molecule has 0 aromatic heterocycles. The molecule has 2 unspecified atom stereocenters. The number of nitrogens with zero attached hydrogens (tertiary/aromatic N) is 2. The van der Waals surface area contributed by atoms with Crippen LogP contribution in [0.25, 0.3) is 0 Å². The molecule has 1 aromatic rings. The quantitative estimate of drug-likeness (QED) is 0.772. The molecule has 2 atom stereocenters. The van der Waals surface area contributed by atoms with Crippen LogP contribution in [0, 0.1) is 0 Å². The Morgan fingerprint density at radius 2 is 1.83 bits per heavy atom. The Hall–Kier alpha value is -1.43. The number of aliphatic hydroxyl groups excluding tert-OH is 2. The predicted octanol–water partition coefficient (Wildman–Crippen LogP) is -0.313. The maximum atomic E-state index is 12.0.